The molecule has 0 aliphatic carbocycles. The van der Waals surface area contributed by atoms with Crippen LogP contribution in [0.15, 0.2) is 4.99 Å². The van der Waals surface area contributed by atoms with Gasteiger partial charge in [-0.15, -0.1) is 24.0 Å². The van der Waals surface area contributed by atoms with Crippen molar-refractivity contribution in [3.63, 3.8) is 0 Å². The molecule has 0 unspecified atom stereocenters. The maximum absolute atomic E-state index is 5.41. The van der Waals surface area contributed by atoms with Gasteiger partial charge in [0.1, 0.15) is 0 Å². The first-order valence-corrected chi connectivity index (χ1v) is 7.24. The van der Waals surface area contributed by atoms with Gasteiger partial charge in [-0.3, -0.25) is 4.99 Å². The number of hydrogen-bond acceptors (Lipinski definition) is 3. The molecule has 0 aromatic rings. The van der Waals surface area contributed by atoms with Crippen molar-refractivity contribution >= 4 is 29.9 Å². The van der Waals surface area contributed by atoms with E-state index < -0.39 is 0 Å². The van der Waals surface area contributed by atoms with Crippen LogP contribution in [0.2, 0.25) is 0 Å². The topological polar surface area (TPSA) is 46.1 Å². The summed E-state index contributed by atoms with van der Waals surface area (Å²) >= 11 is 0. The average Bonchev–Trinajstić information content (AvgIpc) is 2.43. The zero-order valence-corrected chi connectivity index (χ0v) is 15.8. The Morgan fingerprint density at radius 2 is 1.90 bits per heavy atom. The Hall–Kier alpha value is -0.0800. The maximum atomic E-state index is 5.41. The van der Waals surface area contributed by atoms with Crippen LogP contribution in [0.3, 0.4) is 0 Å². The second kappa shape index (κ2) is 17.0. The highest BCUT2D eigenvalue weighted by atomic mass is 127. The Labute approximate surface area is 141 Å². The van der Waals surface area contributed by atoms with Gasteiger partial charge in [0.15, 0.2) is 5.96 Å². The van der Waals surface area contributed by atoms with Crippen molar-refractivity contribution in [1.29, 1.82) is 0 Å². The summed E-state index contributed by atoms with van der Waals surface area (Å²) in [6.45, 7) is 6.36. The number of guanidine groups is 1. The summed E-state index contributed by atoms with van der Waals surface area (Å²) in [5.41, 5.74) is 0. The van der Waals surface area contributed by atoms with E-state index in [4.69, 9.17) is 9.47 Å². The molecule has 20 heavy (non-hydrogen) atoms. The molecule has 0 radical (unpaired) electrons. The molecule has 0 aromatic carbocycles. The third kappa shape index (κ3) is 12.9. The number of nitrogens with zero attached hydrogens (tertiary/aromatic N) is 2. The van der Waals surface area contributed by atoms with Crippen LogP contribution in [0.1, 0.15) is 32.6 Å². The zero-order valence-electron chi connectivity index (χ0n) is 13.5. The van der Waals surface area contributed by atoms with E-state index in [-0.39, 0.29) is 24.0 Å². The number of halogens is 1. The lowest BCUT2D eigenvalue weighted by Crippen LogP contribution is -2.39. The Kier molecular flexibility index (Phi) is 18.8. The summed E-state index contributed by atoms with van der Waals surface area (Å²) in [7, 11) is 5.60. The number of ether oxygens (including phenoxy) is 2. The fraction of sp³-hybridized carbons (Fsp3) is 0.929. The van der Waals surface area contributed by atoms with Crippen LogP contribution in [0.25, 0.3) is 0 Å². The van der Waals surface area contributed by atoms with Gasteiger partial charge in [0.2, 0.25) is 0 Å². The van der Waals surface area contributed by atoms with Gasteiger partial charge in [-0.25, -0.2) is 0 Å². The van der Waals surface area contributed by atoms with Crippen LogP contribution < -0.4 is 5.32 Å². The summed E-state index contributed by atoms with van der Waals surface area (Å²) in [5.74, 6) is 0.980. The smallest absolute Gasteiger partial charge is 0.193 e. The van der Waals surface area contributed by atoms with Crippen molar-refractivity contribution in [1.82, 2.24) is 10.2 Å². The Bertz CT molecular complexity index is 228. The summed E-state index contributed by atoms with van der Waals surface area (Å²) in [5, 5.41) is 3.38. The van der Waals surface area contributed by atoms with Crippen LogP contribution in [0.5, 0.6) is 0 Å². The van der Waals surface area contributed by atoms with Crippen molar-refractivity contribution in [2.24, 2.45) is 4.99 Å². The lowest BCUT2D eigenvalue weighted by atomic mass is 10.3. The molecule has 0 rings (SSSR count). The second-order valence-corrected chi connectivity index (χ2v) is 4.56. The van der Waals surface area contributed by atoms with Crippen LogP contribution in [-0.2, 0) is 9.47 Å². The van der Waals surface area contributed by atoms with Gasteiger partial charge >= 0.3 is 0 Å². The minimum Gasteiger partial charge on any atom is -0.382 e. The molecule has 5 nitrogen and oxygen atoms in total. The highest BCUT2D eigenvalue weighted by Gasteiger charge is 2.03. The van der Waals surface area contributed by atoms with E-state index >= 15 is 0 Å². The molecule has 0 fully saturated rings. The average molecular weight is 401 g/mol. The molecule has 0 heterocycles. The molecule has 0 aromatic heterocycles. The van der Waals surface area contributed by atoms with E-state index in [9.17, 15) is 0 Å². The van der Waals surface area contributed by atoms with Gasteiger partial charge in [-0.05, 0) is 19.3 Å². The Morgan fingerprint density at radius 3 is 2.50 bits per heavy atom. The van der Waals surface area contributed by atoms with Crippen LogP contribution in [0, 0.1) is 0 Å². The normalized spacial score (nSPS) is 11.1. The monoisotopic (exact) mass is 401 g/mol. The standard InChI is InChI=1S/C14H31N3O2.HI/c1-5-6-10-17(3)14(15-2)16-9-7-8-11-19-13-12-18-4;/h5-13H2,1-4H3,(H,15,16);1H. The molecule has 122 valence electrons. The minimum absolute atomic E-state index is 0. The first-order valence-electron chi connectivity index (χ1n) is 7.24. The van der Waals surface area contributed by atoms with Gasteiger partial charge in [0.05, 0.1) is 13.2 Å². The van der Waals surface area contributed by atoms with Crippen molar-refractivity contribution in [3.05, 3.63) is 0 Å². The fourth-order valence-electron chi connectivity index (χ4n) is 1.66. The molecule has 0 aliphatic heterocycles. The van der Waals surface area contributed by atoms with Gasteiger partial charge in [-0.2, -0.15) is 0 Å². The van der Waals surface area contributed by atoms with Crippen molar-refractivity contribution in [2.45, 2.75) is 32.6 Å². The van der Waals surface area contributed by atoms with Crippen LogP contribution in [-0.4, -0.2) is 65.0 Å². The molecule has 0 bridgehead atoms. The molecular formula is C14H32IN3O2. The summed E-state index contributed by atoms with van der Waals surface area (Å²) in [4.78, 5) is 6.46. The number of rotatable bonds is 11. The molecule has 0 atom stereocenters. The third-order valence-corrected chi connectivity index (χ3v) is 2.85. The molecule has 0 amide bonds. The zero-order chi connectivity index (χ0) is 14.3. The first kappa shape index (κ1) is 22.2. The van der Waals surface area contributed by atoms with Gasteiger partial charge in [-0.1, -0.05) is 13.3 Å². The predicted octanol–water partition coefficient (Wildman–Crippen LogP) is 2.35. The highest BCUT2D eigenvalue weighted by Crippen LogP contribution is 1.94. The van der Waals surface area contributed by atoms with E-state index in [1.807, 2.05) is 7.05 Å². The quantitative estimate of drug-likeness (QED) is 0.250. The number of methoxy groups -OCH3 is 1. The Morgan fingerprint density at radius 1 is 1.15 bits per heavy atom. The molecule has 0 saturated carbocycles. The lowest BCUT2D eigenvalue weighted by molar-refractivity contribution is 0.0689. The largest absolute Gasteiger partial charge is 0.382 e. The third-order valence-electron chi connectivity index (χ3n) is 2.85. The molecule has 0 saturated heterocycles. The number of nitrogens with one attached hydrogen (secondary N) is 1. The van der Waals surface area contributed by atoms with E-state index in [1.54, 1.807) is 7.11 Å². The summed E-state index contributed by atoms with van der Waals surface area (Å²) in [6, 6.07) is 0. The second-order valence-electron chi connectivity index (χ2n) is 4.56. The molecular weight excluding hydrogens is 369 g/mol. The van der Waals surface area contributed by atoms with Crippen molar-refractivity contribution < 1.29 is 9.47 Å². The SMILES string of the molecule is CCCCN(C)C(=NC)NCCCCOCCOC.I. The molecule has 6 heteroatoms. The number of hydrogen-bond donors (Lipinski definition) is 1. The molecule has 0 aliphatic rings. The van der Waals surface area contributed by atoms with E-state index in [1.165, 1.54) is 12.8 Å². The van der Waals surface area contributed by atoms with Crippen molar-refractivity contribution in [2.75, 3.05) is 54.1 Å². The summed E-state index contributed by atoms with van der Waals surface area (Å²) < 4.78 is 10.3. The van der Waals surface area contributed by atoms with Crippen LogP contribution in [0.4, 0.5) is 0 Å². The molecule has 1 N–H and O–H groups in total. The minimum atomic E-state index is 0. The lowest BCUT2D eigenvalue weighted by Gasteiger charge is -2.21. The Balaban J connectivity index is 0. The fourth-order valence-corrected chi connectivity index (χ4v) is 1.66. The predicted molar refractivity (Wildman–Crippen MR) is 96.2 cm³/mol. The van der Waals surface area contributed by atoms with Gasteiger partial charge in [0, 0.05) is 40.9 Å². The number of unbranched alkanes of at least 4 members (excludes halogenated alkanes) is 2. The van der Waals surface area contributed by atoms with E-state index in [2.05, 4.69) is 29.2 Å². The maximum Gasteiger partial charge on any atom is 0.193 e. The van der Waals surface area contributed by atoms with Gasteiger partial charge < -0.3 is 19.7 Å². The highest BCUT2D eigenvalue weighted by molar-refractivity contribution is 14.0. The molecule has 0 spiro atoms. The van der Waals surface area contributed by atoms with E-state index in [0.717, 1.165) is 38.5 Å². The summed E-state index contributed by atoms with van der Waals surface area (Å²) in [6.07, 6.45) is 4.56. The first-order chi connectivity index (χ1) is 9.26. The van der Waals surface area contributed by atoms with E-state index in [0.29, 0.717) is 13.2 Å². The van der Waals surface area contributed by atoms with Crippen molar-refractivity contribution in [3.8, 4) is 0 Å². The number of aliphatic imine (C=N–C) groups is 1. The van der Waals surface area contributed by atoms with Gasteiger partial charge in [0.25, 0.3) is 0 Å². The van der Waals surface area contributed by atoms with Crippen LogP contribution >= 0.6 is 24.0 Å².